The van der Waals surface area contributed by atoms with Gasteiger partial charge in [-0.15, -0.1) is 0 Å². The molecule has 1 aromatic heterocycles. The van der Waals surface area contributed by atoms with Crippen molar-refractivity contribution in [2.75, 3.05) is 0 Å². The smallest absolute Gasteiger partial charge is 0.419 e. The van der Waals surface area contributed by atoms with Crippen LogP contribution in [0.5, 0.6) is 0 Å². The summed E-state index contributed by atoms with van der Waals surface area (Å²) in [5.41, 5.74) is 4.59. The SMILES string of the molecule is NC(c1ccc(C(F)(F)F)c(F)c1)c1ccc(Cl)o1. The normalized spacial score (nSPS) is 13.6. The summed E-state index contributed by atoms with van der Waals surface area (Å²) in [6, 6.07) is 4.52. The van der Waals surface area contributed by atoms with Gasteiger partial charge < -0.3 is 10.2 Å². The molecule has 1 aromatic carbocycles. The van der Waals surface area contributed by atoms with Gasteiger partial charge in [-0.05, 0) is 41.4 Å². The average Bonchev–Trinajstić information content (AvgIpc) is 2.73. The van der Waals surface area contributed by atoms with Gasteiger partial charge >= 0.3 is 6.18 Å². The summed E-state index contributed by atoms with van der Waals surface area (Å²) in [6.07, 6.45) is -4.74. The average molecular weight is 294 g/mol. The molecular weight excluding hydrogens is 286 g/mol. The fraction of sp³-hybridized carbons (Fsp3) is 0.167. The van der Waals surface area contributed by atoms with Gasteiger partial charge in [-0.1, -0.05) is 6.07 Å². The van der Waals surface area contributed by atoms with E-state index < -0.39 is 23.6 Å². The number of benzene rings is 1. The van der Waals surface area contributed by atoms with Crippen molar-refractivity contribution in [3.63, 3.8) is 0 Å². The van der Waals surface area contributed by atoms with Crippen LogP contribution in [0.2, 0.25) is 5.22 Å². The van der Waals surface area contributed by atoms with Crippen LogP contribution in [0.1, 0.15) is 22.9 Å². The van der Waals surface area contributed by atoms with Gasteiger partial charge in [0.05, 0.1) is 11.6 Å². The largest absolute Gasteiger partial charge is 0.448 e. The Bertz CT molecular complexity index is 594. The number of hydrogen-bond acceptors (Lipinski definition) is 2. The van der Waals surface area contributed by atoms with E-state index in [4.69, 9.17) is 21.8 Å². The Kier molecular flexibility index (Phi) is 3.56. The highest BCUT2D eigenvalue weighted by atomic mass is 35.5. The lowest BCUT2D eigenvalue weighted by Gasteiger charge is -2.12. The minimum Gasteiger partial charge on any atom is -0.448 e. The molecular formula is C12H8ClF4NO. The second-order valence-corrected chi connectivity index (χ2v) is 4.23. The summed E-state index contributed by atoms with van der Waals surface area (Å²) in [5.74, 6) is -1.14. The Labute approximate surface area is 110 Å². The predicted molar refractivity (Wildman–Crippen MR) is 61.2 cm³/mol. The summed E-state index contributed by atoms with van der Waals surface area (Å²) in [5, 5.41) is 0.0952. The van der Waals surface area contributed by atoms with Gasteiger partial charge in [0.15, 0.2) is 5.22 Å². The minimum atomic E-state index is -4.74. The zero-order valence-corrected chi connectivity index (χ0v) is 10.1. The number of alkyl halides is 3. The Morgan fingerprint density at radius 1 is 1.16 bits per heavy atom. The maximum Gasteiger partial charge on any atom is 0.419 e. The second-order valence-electron chi connectivity index (χ2n) is 3.86. The molecule has 0 saturated carbocycles. The van der Waals surface area contributed by atoms with Crippen LogP contribution in [-0.4, -0.2) is 0 Å². The van der Waals surface area contributed by atoms with E-state index in [9.17, 15) is 17.6 Å². The Morgan fingerprint density at radius 3 is 2.32 bits per heavy atom. The molecule has 0 spiro atoms. The van der Waals surface area contributed by atoms with Gasteiger partial charge in [-0.3, -0.25) is 0 Å². The molecule has 0 amide bonds. The van der Waals surface area contributed by atoms with Crippen molar-refractivity contribution < 1.29 is 22.0 Å². The molecule has 1 heterocycles. The molecule has 0 saturated heterocycles. The molecule has 2 aromatic rings. The van der Waals surface area contributed by atoms with E-state index in [1.165, 1.54) is 12.1 Å². The van der Waals surface area contributed by atoms with Gasteiger partial charge in [-0.25, -0.2) is 4.39 Å². The summed E-state index contributed by atoms with van der Waals surface area (Å²) < 4.78 is 55.6. The van der Waals surface area contributed by atoms with Gasteiger partial charge in [0.2, 0.25) is 0 Å². The van der Waals surface area contributed by atoms with Gasteiger partial charge in [0.25, 0.3) is 0 Å². The van der Waals surface area contributed by atoms with E-state index in [2.05, 4.69) is 0 Å². The van der Waals surface area contributed by atoms with Crippen LogP contribution in [0, 0.1) is 5.82 Å². The molecule has 102 valence electrons. The fourth-order valence-corrected chi connectivity index (χ4v) is 1.77. The first kappa shape index (κ1) is 13.9. The topological polar surface area (TPSA) is 39.2 Å². The zero-order chi connectivity index (χ0) is 14.2. The first-order chi connectivity index (χ1) is 8.79. The molecule has 2 nitrogen and oxygen atoms in total. The summed E-state index contributed by atoms with van der Waals surface area (Å²) in [6.45, 7) is 0. The summed E-state index contributed by atoms with van der Waals surface area (Å²) in [4.78, 5) is 0. The van der Waals surface area contributed by atoms with Crippen molar-refractivity contribution in [2.45, 2.75) is 12.2 Å². The Hall–Kier alpha value is -1.53. The maximum atomic E-state index is 13.4. The lowest BCUT2D eigenvalue weighted by molar-refractivity contribution is -0.140. The highest BCUT2D eigenvalue weighted by molar-refractivity contribution is 6.28. The van der Waals surface area contributed by atoms with E-state index in [0.29, 0.717) is 6.07 Å². The number of furan rings is 1. The predicted octanol–water partition coefficient (Wildman–Crippen LogP) is 4.14. The van der Waals surface area contributed by atoms with Crippen LogP contribution in [0.15, 0.2) is 34.7 Å². The van der Waals surface area contributed by atoms with Gasteiger partial charge in [0.1, 0.15) is 11.6 Å². The van der Waals surface area contributed by atoms with Crippen LogP contribution >= 0.6 is 11.6 Å². The molecule has 0 radical (unpaired) electrons. The maximum absolute atomic E-state index is 13.4. The Balaban J connectivity index is 2.35. The highest BCUT2D eigenvalue weighted by Crippen LogP contribution is 2.33. The van der Waals surface area contributed by atoms with Crippen LogP contribution < -0.4 is 5.73 Å². The third-order valence-corrected chi connectivity index (χ3v) is 2.76. The highest BCUT2D eigenvalue weighted by Gasteiger charge is 2.34. The Morgan fingerprint density at radius 2 is 1.84 bits per heavy atom. The number of hydrogen-bond donors (Lipinski definition) is 1. The molecule has 0 fully saturated rings. The third-order valence-electron chi connectivity index (χ3n) is 2.56. The lowest BCUT2D eigenvalue weighted by atomic mass is 10.0. The van der Waals surface area contributed by atoms with Crippen molar-refractivity contribution in [1.29, 1.82) is 0 Å². The van der Waals surface area contributed by atoms with Crippen molar-refractivity contribution in [2.24, 2.45) is 5.73 Å². The van der Waals surface area contributed by atoms with Crippen molar-refractivity contribution in [3.8, 4) is 0 Å². The van der Waals surface area contributed by atoms with Crippen molar-refractivity contribution in [1.82, 2.24) is 0 Å². The molecule has 2 rings (SSSR count). The second kappa shape index (κ2) is 4.86. The number of nitrogens with two attached hydrogens (primary N) is 1. The van der Waals surface area contributed by atoms with E-state index >= 15 is 0 Å². The molecule has 0 aliphatic carbocycles. The van der Waals surface area contributed by atoms with Gasteiger partial charge in [0, 0.05) is 0 Å². The quantitative estimate of drug-likeness (QED) is 0.845. The van der Waals surface area contributed by atoms with Crippen LogP contribution in [-0.2, 0) is 6.18 Å². The van der Waals surface area contributed by atoms with Crippen LogP contribution in [0.3, 0.4) is 0 Å². The lowest BCUT2D eigenvalue weighted by Crippen LogP contribution is -2.13. The molecule has 1 atom stereocenters. The van der Waals surface area contributed by atoms with Crippen molar-refractivity contribution >= 4 is 11.6 Å². The molecule has 0 aliphatic rings. The van der Waals surface area contributed by atoms with E-state index in [0.717, 1.165) is 12.1 Å². The first-order valence-corrected chi connectivity index (χ1v) is 5.54. The number of rotatable bonds is 2. The first-order valence-electron chi connectivity index (χ1n) is 5.16. The van der Waals surface area contributed by atoms with E-state index in [1.54, 1.807) is 0 Å². The summed E-state index contributed by atoms with van der Waals surface area (Å²) >= 11 is 5.56. The van der Waals surface area contributed by atoms with E-state index in [-0.39, 0.29) is 16.5 Å². The van der Waals surface area contributed by atoms with Crippen LogP contribution in [0.25, 0.3) is 0 Å². The standard InChI is InChI=1S/C12H8ClF4NO/c13-10-4-3-9(19-10)11(18)6-1-2-7(8(14)5-6)12(15,16)17/h1-5,11H,18H2. The third kappa shape index (κ3) is 2.90. The van der Waals surface area contributed by atoms with Crippen molar-refractivity contribution in [3.05, 3.63) is 58.3 Å². The monoisotopic (exact) mass is 293 g/mol. The zero-order valence-electron chi connectivity index (χ0n) is 9.34. The van der Waals surface area contributed by atoms with E-state index in [1.807, 2.05) is 0 Å². The molecule has 0 aliphatic heterocycles. The molecule has 2 N–H and O–H groups in total. The molecule has 0 bridgehead atoms. The molecule has 1 unspecified atom stereocenters. The van der Waals surface area contributed by atoms with Crippen LogP contribution in [0.4, 0.5) is 17.6 Å². The molecule has 19 heavy (non-hydrogen) atoms. The number of halogens is 5. The van der Waals surface area contributed by atoms with Gasteiger partial charge in [-0.2, -0.15) is 13.2 Å². The molecule has 7 heteroatoms. The fourth-order valence-electron chi connectivity index (χ4n) is 1.61. The minimum absolute atomic E-state index is 0.0952. The summed E-state index contributed by atoms with van der Waals surface area (Å²) in [7, 11) is 0.